The second-order valence-corrected chi connectivity index (χ2v) is 68.4. The zero-order valence-electron chi connectivity index (χ0n) is 23.3. The van der Waals surface area contributed by atoms with Crippen LogP contribution in [0.25, 0.3) is 0 Å². The van der Waals surface area contributed by atoms with Crippen LogP contribution in [0.4, 0.5) is 0 Å². The van der Waals surface area contributed by atoms with Crippen LogP contribution in [0, 0.1) is 0 Å². The molecule has 0 unspecified atom stereocenters. The van der Waals surface area contributed by atoms with Crippen molar-refractivity contribution in [1.82, 2.24) is 0 Å². The SMILES string of the molecule is S=[As]([S][Sn]([S][As](=S)(c1ccccc1)c1ccccc1)([c]1ccccc1)[c]1ccccc1)(c1ccccc1)c1ccccc1. The van der Waals surface area contributed by atoms with Crippen LogP contribution in [0.1, 0.15) is 0 Å². The van der Waals surface area contributed by atoms with E-state index in [0.717, 1.165) is 0 Å². The van der Waals surface area contributed by atoms with E-state index in [0.29, 0.717) is 0 Å². The maximum atomic E-state index is 7.06. The Morgan fingerprint density at radius 3 is 0.767 bits per heavy atom. The second kappa shape index (κ2) is 14.2. The van der Waals surface area contributed by atoms with E-state index in [4.69, 9.17) is 20.8 Å². The van der Waals surface area contributed by atoms with E-state index in [2.05, 4.69) is 196 Å². The fraction of sp³-hybridized carbons (Fsp3) is 0. The van der Waals surface area contributed by atoms with Gasteiger partial charge in [-0.2, -0.15) is 0 Å². The predicted molar refractivity (Wildman–Crippen MR) is 204 cm³/mol. The van der Waals surface area contributed by atoms with E-state index in [9.17, 15) is 0 Å². The molecule has 0 amide bonds. The summed E-state index contributed by atoms with van der Waals surface area (Å²) >= 11 is -3.91. The maximum absolute atomic E-state index is 7.06. The molecule has 0 N–H and O–H groups in total. The molecule has 6 rings (SSSR count). The number of benzene rings is 6. The third-order valence-electron chi connectivity index (χ3n) is 7.21. The average Bonchev–Trinajstić information content (AvgIpc) is 3.10. The quantitative estimate of drug-likeness (QED) is 0.142. The van der Waals surface area contributed by atoms with Crippen molar-refractivity contribution < 1.29 is 0 Å². The Kier molecular flexibility index (Phi) is 10.4. The van der Waals surface area contributed by atoms with Crippen LogP contribution in [0.2, 0.25) is 0 Å². The molecule has 0 aliphatic carbocycles. The van der Waals surface area contributed by atoms with E-state index < -0.39 is 37.1 Å². The molecule has 0 nitrogen and oxygen atoms in total. The Bertz CT molecular complexity index is 1630. The first-order valence-electron chi connectivity index (χ1n) is 14.0. The van der Waals surface area contributed by atoms with Gasteiger partial charge < -0.3 is 0 Å². The van der Waals surface area contributed by atoms with Crippen molar-refractivity contribution in [3.8, 4) is 0 Å². The monoisotopic (exact) mass is 860 g/mol. The van der Waals surface area contributed by atoms with Crippen LogP contribution in [0.15, 0.2) is 182 Å². The summed E-state index contributed by atoms with van der Waals surface area (Å²) in [5, 5.41) is 0. The summed E-state index contributed by atoms with van der Waals surface area (Å²) < 4.78 is 8.09. The summed E-state index contributed by atoms with van der Waals surface area (Å²) in [6, 6.07) is 66.3. The van der Waals surface area contributed by atoms with Crippen molar-refractivity contribution in [2.24, 2.45) is 0 Å². The number of rotatable bonds is 10. The van der Waals surface area contributed by atoms with Gasteiger partial charge in [0.1, 0.15) is 0 Å². The molecule has 43 heavy (non-hydrogen) atoms. The molecule has 0 heterocycles. The molecule has 212 valence electrons. The number of hydrogen-bond donors (Lipinski definition) is 0. The van der Waals surface area contributed by atoms with Gasteiger partial charge in [-0.1, -0.05) is 0 Å². The molecular weight excluding hydrogens is 829 g/mol. The summed E-state index contributed by atoms with van der Waals surface area (Å²) in [5.74, 6) is 0. The molecule has 6 aromatic rings. The third kappa shape index (κ3) is 6.68. The van der Waals surface area contributed by atoms with Gasteiger partial charge in [0.25, 0.3) is 0 Å². The summed E-state index contributed by atoms with van der Waals surface area (Å²) in [6.07, 6.45) is 0. The Balaban J connectivity index is 1.67. The van der Waals surface area contributed by atoms with E-state index in [1.807, 2.05) is 0 Å². The Morgan fingerprint density at radius 2 is 0.535 bits per heavy atom. The van der Waals surface area contributed by atoms with Crippen molar-refractivity contribution in [3.05, 3.63) is 182 Å². The molecule has 0 aliphatic rings. The molecule has 0 aliphatic heterocycles. The van der Waals surface area contributed by atoms with Crippen LogP contribution in [-0.4, -0.2) is 37.1 Å². The van der Waals surface area contributed by atoms with Gasteiger partial charge in [-0.3, -0.25) is 0 Å². The summed E-state index contributed by atoms with van der Waals surface area (Å²) in [7, 11) is 12.1. The van der Waals surface area contributed by atoms with Gasteiger partial charge in [0.05, 0.1) is 0 Å². The first-order valence-corrected chi connectivity index (χ1v) is 39.1. The van der Waals surface area contributed by atoms with E-state index in [1.165, 1.54) is 24.6 Å². The van der Waals surface area contributed by atoms with E-state index in [-0.39, 0.29) is 0 Å². The Morgan fingerprint density at radius 1 is 0.326 bits per heavy atom. The average molecular weight is 859 g/mol. The van der Waals surface area contributed by atoms with Crippen LogP contribution < -0.4 is 24.6 Å². The zero-order valence-corrected chi connectivity index (χ0v) is 33.2. The molecule has 0 fully saturated rings. The molecule has 6 aromatic carbocycles. The number of hydrogen-bond acceptors (Lipinski definition) is 4. The minimum atomic E-state index is -3.91. The molecule has 0 aromatic heterocycles. The summed E-state index contributed by atoms with van der Waals surface area (Å²) in [5.41, 5.74) is 0. The van der Waals surface area contributed by atoms with Crippen molar-refractivity contribution in [2.45, 2.75) is 0 Å². The molecule has 0 atom stereocenters. The van der Waals surface area contributed by atoms with Gasteiger partial charge in [-0.15, -0.1) is 0 Å². The fourth-order valence-electron chi connectivity index (χ4n) is 5.08. The predicted octanol–water partition coefficient (Wildman–Crippen LogP) is 6.62. The zero-order chi connectivity index (χ0) is 29.6. The van der Waals surface area contributed by atoms with Gasteiger partial charge in [0, 0.05) is 0 Å². The fourth-order valence-corrected chi connectivity index (χ4v) is 189. The molecule has 7 heteroatoms. The molecule has 0 radical (unpaired) electrons. The third-order valence-corrected chi connectivity index (χ3v) is 121. The van der Waals surface area contributed by atoms with E-state index in [1.54, 1.807) is 0 Å². The molecule has 0 bridgehead atoms. The van der Waals surface area contributed by atoms with Crippen molar-refractivity contribution in [3.63, 3.8) is 0 Å². The van der Waals surface area contributed by atoms with Crippen molar-refractivity contribution >= 4 is 96.8 Å². The Hall–Kier alpha value is -1.62. The van der Waals surface area contributed by atoms with Crippen LogP contribution in [0.3, 0.4) is 0 Å². The first kappa shape index (κ1) is 31.4. The van der Waals surface area contributed by atoms with E-state index >= 15 is 0 Å². The van der Waals surface area contributed by atoms with Crippen molar-refractivity contribution in [1.29, 1.82) is 0 Å². The standard InChI is InChI=1S/2C12H11AsS2.2C6H5.Sn/c2*14-13(15,11-7-3-1-4-8-11)12-9-5-2-6-10-12;2*1-2-4-6-5-3-1;/h2*1-10H,(H,14,15);2*1-5H;/q;;;;+2/p-2. The van der Waals surface area contributed by atoms with Gasteiger partial charge in [0.15, 0.2) is 0 Å². The second-order valence-electron chi connectivity index (χ2n) is 9.98. The van der Waals surface area contributed by atoms with Gasteiger partial charge in [-0.25, -0.2) is 0 Å². The topological polar surface area (TPSA) is 0 Å². The van der Waals surface area contributed by atoms with Crippen LogP contribution in [0.5, 0.6) is 0 Å². The Labute approximate surface area is 275 Å². The normalized spacial score (nSPS) is 12.1. The summed E-state index contributed by atoms with van der Waals surface area (Å²) in [6.45, 7) is 0. The van der Waals surface area contributed by atoms with Crippen molar-refractivity contribution in [2.75, 3.05) is 0 Å². The van der Waals surface area contributed by atoms with Crippen LogP contribution in [-0.2, 0) is 0 Å². The molecular formula is C36H30As2S4Sn. The summed E-state index contributed by atoms with van der Waals surface area (Å²) in [4.78, 5) is 0. The first-order chi connectivity index (χ1) is 21.0. The van der Waals surface area contributed by atoms with Gasteiger partial charge in [0.2, 0.25) is 0 Å². The van der Waals surface area contributed by atoms with Gasteiger partial charge >= 0.3 is 279 Å². The molecule has 0 saturated carbocycles. The minimum absolute atomic E-state index is 1.31. The molecule has 0 spiro atoms. The van der Waals surface area contributed by atoms with Gasteiger partial charge in [-0.05, 0) is 0 Å². The molecule has 0 saturated heterocycles. The van der Waals surface area contributed by atoms with Crippen LogP contribution >= 0.6 is 35.2 Å².